The third-order valence-corrected chi connectivity index (χ3v) is 2.57. The molecule has 102 valence electrons. The summed E-state index contributed by atoms with van der Waals surface area (Å²) in [6.07, 6.45) is 1.49. The van der Waals surface area contributed by atoms with Gasteiger partial charge < -0.3 is 21.1 Å². The molecule has 0 aromatic rings. The second-order valence-electron chi connectivity index (χ2n) is 5.58. The van der Waals surface area contributed by atoms with Gasteiger partial charge in [0, 0.05) is 13.1 Å². The van der Waals surface area contributed by atoms with E-state index < -0.39 is 11.1 Å². The summed E-state index contributed by atoms with van der Waals surface area (Å²) >= 11 is 0. The zero-order valence-corrected chi connectivity index (χ0v) is 11.7. The highest BCUT2D eigenvalue weighted by molar-refractivity contribution is 5.85. The minimum Gasteiger partial charge on any atom is -0.387 e. The van der Waals surface area contributed by atoms with Crippen molar-refractivity contribution >= 4 is 5.91 Å². The summed E-state index contributed by atoms with van der Waals surface area (Å²) in [5, 5.41) is 12.7. The lowest BCUT2D eigenvalue weighted by atomic mass is 9.96. The van der Waals surface area contributed by atoms with Gasteiger partial charge in [-0.1, -0.05) is 13.3 Å². The van der Waals surface area contributed by atoms with Gasteiger partial charge in [0.1, 0.15) is 0 Å². The number of hydrogen-bond acceptors (Lipinski definition) is 4. The third-order valence-electron chi connectivity index (χ3n) is 2.57. The molecule has 0 aromatic carbocycles. The van der Waals surface area contributed by atoms with E-state index >= 15 is 0 Å². The Morgan fingerprint density at radius 3 is 2.35 bits per heavy atom. The lowest BCUT2D eigenvalue weighted by Gasteiger charge is -2.29. The van der Waals surface area contributed by atoms with Crippen molar-refractivity contribution in [1.29, 1.82) is 0 Å². The molecule has 1 amide bonds. The predicted octanol–water partition coefficient (Wildman–Crippen LogP) is -0.0673. The van der Waals surface area contributed by atoms with Crippen molar-refractivity contribution in [3.05, 3.63) is 0 Å². The summed E-state index contributed by atoms with van der Waals surface area (Å²) in [6, 6.07) is 0. The number of carbonyl (C=O) groups excluding carboxylic acids is 1. The van der Waals surface area contributed by atoms with E-state index in [9.17, 15) is 9.90 Å². The van der Waals surface area contributed by atoms with Crippen molar-refractivity contribution in [2.24, 2.45) is 5.73 Å². The molecule has 0 heterocycles. The predicted molar refractivity (Wildman–Crippen MR) is 69.7 cm³/mol. The molecule has 5 nitrogen and oxygen atoms in total. The van der Waals surface area contributed by atoms with Crippen molar-refractivity contribution in [3.8, 4) is 0 Å². The first-order valence-electron chi connectivity index (χ1n) is 6.05. The number of nitrogens with one attached hydrogen (secondary N) is 1. The largest absolute Gasteiger partial charge is 0.387 e. The Morgan fingerprint density at radius 1 is 1.41 bits per heavy atom. The highest BCUT2D eigenvalue weighted by atomic mass is 16.3. The van der Waals surface area contributed by atoms with Crippen molar-refractivity contribution in [2.75, 3.05) is 27.2 Å². The molecule has 5 heteroatoms. The number of carbonyl (C=O) groups is 1. The molecule has 2 atom stereocenters. The van der Waals surface area contributed by atoms with Gasteiger partial charge in [-0.15, -0.1) is 0 Å². The van der Waals surface area contributed by atoms with Gasteiger partial charge in [0.2, 0.25) is 5.91 Å². The van der Waals surface area contributed by atoms with Crippen LogP contribution in [0.4, 0.5) is 0 Å². The van der Waals surface area contributed by atoms with E-state index in [-0.39, 0.29) is 12.5 Å². The molecule has 4 N–H and O–H groups in total. The molecule has 0 saturated heterocycles. The summed E-state index contributed by atoms with van der Waals surface area (Å²) in [5.41, 5.74) is 4.10. The van der Waals surface area contributed by atoms with Gasteiger partial charge in [-0.2, -0.15) is 0 Å². The SMILES string of the molecule is CCCC(C)(N)C(=O)NCC(C)(O)CN(C)C. The van der Waals surface area contributed by atoms with E-state index in [1.165, 1.54) is 0 Å². The summed E-state index contributed by atoms with van der Waals surface area (Å²) in [7, 11) is 3.75. The smallest absolute Gasteiger partial charge is 0.239 e. The minimum absolute atomic E-state index is 0.209. The van der Waals surface area contributed by atoms with Crippen LogP contribution >= 0.6 is 0 Å². The molecule has 0 fully saturated rings. The number of amides is 1. The molecule has 0 radical (unpaired) electrons. The van der Waals surface area contributed by atoms with Crippen molar-refractivity contribution in [1.82, 2.24) is 10.2 Å². The van der Waals surface area contributed by atoms with Gasteiger partial charge in [-0.25, -0.2) is 0 Å². The molecule has 0 aromatic heterocycles. The second-order valence-corrected chi connectivity index (χ2v) is 5.58. The molecule has 0 spiro atoms. The Labute approximate surface area is 104 Å². The van der Waals surface area contributed by atoms with Crippen molar-refractivity contribution < 1.29 is 9.90 Å². The van der Waals surface area contributed by atoms with Gasteiger partial charge in [-0.3, -0.25) is 4.79 Å². The highest BCUT2D eigenvalue weighted by Crippen LogP contribution is 2.09. The fraction of sp³-hybridized carbons (Fsp3) is 0.917. The van der Waals surface area contributed by atoms with Crippen LogP contribution in [0.25, 0.3) is 0 Å². The first-order valence-corrected chi connectivity index (χ1v) is 6.05. The van der Waals surface area contributed by atoms with E-state index in [1.807, 2.05) is 25.9 Å². The summed E-state index contributed by atoms with van der Waals surface area (Å²) < 4.78 is 0. The molecule has 0 rings (SSSR count). The minimum atomic E-state index is -0.943. The maximum absolute atomic E-state index is 11.8. The molecule has 0 bridgehead atoms. The highest BCUT2D eigenvalue weighted by Gasteiger charge is 2.29. The molecule has 0 aliphatic rings. The van der Waals surface area contributed by atoms with Crippen LogP contribution in [0.3, 0.4) is 0 Å². The van der Waals surface area contributed by atoms with Crippen LogP contribution in [-0.4, -0.2) is 54.2 Å². The topological polar surface area (TPSA) is 78.6 Å². The molecule has 0 saturated carbocycles. The zero-order valence-electron chi connectivity index (χ0n) is 11.7. The molecular weight excluding hydrogens is 218 g/mol. The average Bonchev–Trinajstić information content (AvgIpc) is 2.12. The molecule has 0 aliphatic carbocycles. The third kappa shape index (κ3) is 6.61. The summed E-state index contributed by atoms with van der Waals surface area (Å²) in [5.74, 6) is -0.210. The van der Waals surface area contributed by atoms with Gasteiger partial charge in [0.05, 0.1) is 11.1 Å². The Hall–Kier alpha value is -0.650. The Bertz CT molecular complexity index is 250. The van der Waals surface area contributed by atoms with E-state index in [1.54, 1.807) is 13.8 Å². The van der Waals surface area contributed by atoms with Crippen LogP contribution in [0.2, 0.25) is 0 Å². The summed E-state index contributed by atoms with van der Waals surface area (Å²) in [6.45, 7) is 6.09. The second kappa shape index (κ2) is 6.33. The van der Waals surface area contributed by atoms with Crippen LogP contribution in [0.1, 0.15) is 33.6 Å². The van der Waals surface area contributed by atoms with E-state index in [0.29, 0.717) is 13.0 Å². The van der Waals surface area contributed by atoms with Gasteiger partial charge in [0.15, 0.2) is 0 Å². The van der Waals surface area contributed by atoms with Gasteiger partial charge >= 0.3 is 0 Å². The van der Waals surface area contributed by atoms with Crippen LogP contribution in [0, 0.1) is 0 Å². The lowest BCUT2D eigenvalue weighted by Crippen LogP contribution is -2.55. The van der Waals surface area contributed by atoms with E-state index in [0.717, 1.165) is 6.42 Å². The van der Waals surface area contributed by atoms with Crippen molar-refractivity contribution in [3.63, 3.8) is 0 Å². The van der Waals surface area contributed by atoms with E-state index in [2.05, 4.69) is 5.32 Å². The standard InChI is InChI=1S/C12H27N3O2/c1-6-7-12(3,13)10(16)14-8-11(2,17)9-15(4)5/h17H,6-9,13H2,1-5H3,(H,14,16). The maximum Gasteiger partial charge on any atom is 0.239 e. The number of likely N-dealkylation sites (N-methyl/N-ethyl adjacent to an activating group) is 1. The Kier molecular flexibility index (Phi) is 6.09. The first-order chi connectivity index (χ1) is 7.60. The summed E-state index contributed by atoms with van der Waals surface area (Å²) in [4.78, 5) is 13.7. The Morgan fingerprint density at radius 2 is 1.94 bits per heavy atom. The number of nitrogens with two attached hydrogens (primary N) is 1. The molecule has 17 heavy (non-hydrogen) atoms. The van der Waals surface area contributed by atoms with Crippen LogP contribution in [0.15, 0.2) is 0 Å². The normalized spacial score (nSPS) is 18.6. The number of rotatable bonds is 7. The van der Waals surface area contributed by atoms with E-state index in [4.69, 9.17) is 5.73 Å². The monoisotopic (exact) mass is 245 g/mol. The average molecular weight is 245 g/mol. The number of nitrogens with zero attached hydrogens (tertiary/aromatic N) is 1. The number of hydrogen-bond donors (Lipinski definition) is 3. The van der Waals surface area contributed by atoms with Crippen molar-refractivity contribution in [2.45, 2.75) is 44.8 Å². The first kappa shape index (κ1) is 16.4. The maximum atomic E-state index is 11.8. The molecule has 2 unspecified atom stereocenters. The fourth-order valence-electron chi connectivity index (χ4n) is 1.84. The number of aliphatic hydroxyl groups is 1. The quantitative estimate of drug-likeness (QED) is 0.587. The molecule has 0 aliphatic heterocycles. The fourth-order valence-corrected chi connectivity index (χ4v) is 1.84. The molecular formula is C12H27N3O2. The Balaban J connectivity index is 4.23. The van der Waals surface area contributed by atoms with Crippen LogP contribution < -0.4 is 11.1 Å². The van der Waals surface area contributed by atoms with Crippen LogP contribution in [-0.2, 0) is 4.79 Å². The van der Waals surface area contributed by atoms with Gasteiger partial charge in [0.25, 0.3) is 0 Å². The van der Waals surface area contributed by atoms with Gasteiger partial charge in [-0.05, 0) is 34.4 Å². The van der Waals surface area contributed by atoms with Crippen LogP contribution in [0.5, 0.6) is 0 Å². The zero-order chi connectivity index (χ0) is 13.7. The lowest BCUT2D eigenvalue weighted by molar-refractivity contribution is -0.127.